The first-order chi connectivity index (χ1) is 13.6. The van der Waals surface area contributed by atoms with Gasteiger partial charge in [-0.25, -0.2) is 0 Å². The summed E-state index contributed by atoms with van der Waals surface area (Å²) in [7, 11) is 0. The summed E-state index contributed by atoms with van der Waals surface area (Å²) in [4.78, 5) is 9.78. The molecule has 28 heavy (non-hydrogen) atoms. The average Bonchev–Trinajstić information content (AvgIpc) is 3.02. The van der Waals surface area contributed by atoms with E-state index in [4.69, 9.17) is 4.99 Å². The first-order valence-corrected chi connectivity index (χ1v) is 10.4. The molecule has 6 heteroatoms. The number of aryl methyl sites for hydroxylation is 2. The van der Waals surface area contributed by atoms with Crippen LogP contribution in [0.1, 0.15) is 25.2 Å². The summed E-state index contributed by atoms with van der Waals surface area (Å²) in [6.45, 7) is 15.2. The first kappa shape index (κ1) is 20.2. The molecule has 1 N–H and O–H groups in total. The Labute approximate surface area is 169 Å². The van der Waals surface area contributed by atoms with E-state index in [2.05, 4.69) is 82.1 Å². The van der Waals surface area contributed by atoms with Crippen molar-refractivity contribution in [2.75, 3.05) is 44.2 Å². The van der Waals surface area contributed by atoms with E-state index in [-0.39, 0.29) is 0 Å². The van der Waals surface area contributed by atoms with Crippen molar-refractivity contribution in [3.05, 3.63) is 47.8 Å². The molecule has 1 aromatic heterocycles. The number of aliphatic imine (C=N–C) groups is 1. The van der Waals surface area contributed by atoms with Crippen LogP contribution in [-0.4, -0.2) is 59.9 Å². The van der Waals surface area contributed by atoms with Crippen LogP contribution >= 0.6 is 0 Å². The smallest absolute Gasteiger partial charge is 0.194 e. The molecule has 1 saturated heterocycles. The van der Waals surface area contributed by atoms with Gasteiger partial charge < -0.3 is 15.1 Å². The van der Waals surface area contributed by atoms with Crippen LogP contribution in [0.25, 0.3) is 0 Å². The molecule has 1 atom stereocenters. The molecule has 152 valence electrons. The molecule has 1 aliphatic rings. The number of nitrogens with zero attached hydrogens (tertiary/aromatic N) is 5. The minimum Gasteiger partial charge on any atom is -0.368 e. The summed E-state index contributed by atoms with van der Waals surface area (Å²) >= 11 is 0. The summed E-state index contributed by atoms with van der Waals surface area (Å²) in [5.41, 5.74) is 3.61. The van der Waals surface area contributed by atoms with Gasteiger partial charge in [-0.1, -0.05) is 25.1 Å². The molecule has 0 aliphatic carbocycles. The van der Waals surface area contributed by atoms with Crippen LogP contribution in [0.4, 0.5) is 5.69 Å². The van der Waals surface area contributed by atoms with Crippen LogP contribution < -0.4 is 10.2 Å². The number of para-hydroxylation sites is 1. The number of benzene rings is 1. The van der Waals surface area contributed by atoms with Crippen molar-refractivity contribution < 1.29 is 0 Å². The van der Waals surface area contributed by atoms with E-state index < -0.39 is 0 Å². The van der Waals surface area contributed by atoms with Crippen molar-refractivity contribution in [3.63, 3.8) is 0 Å². The largest absolute Gasteiger partial charge is 0.368 e. The van der Waals surface area contributed by atoms with E-state index in [0.29, 0.717) is 5.92 Å². The van der Waals surface area contributed by atoms with Gasteiger partial charge in [-0.15, -0.1) is 0 Å². The van der Waals surface area contributed by atoms with Crippen molar-refractivity contribution >= 4 is 11.6 Å². The minimum atomic E-state index is 0.442. The van der Waals surface area contributed by atoms with E-state index in [1.54, 1.807) is 0 Å². The van der Waals surface area contributed by atoms with Gasteiger partial charge in [-0.2, -0.15) is 5.10 Å². The number of hydrogen-bond acceptors (Lipinski definition) is 3. The molecule has 0 radical (unpaired) electrons. The van der Waals surface area contributed by atoms with Crippen LogP contribution in [0.3, 0.4) is 0 Å². The fraction of sp³-hybridized carbons (Fsp3) is 0.545. The molecule has 1 unspecified atom stereocenters. The monoisotopic (exact) mass is 382 g/mol. The highest BCUT2D eigenvalue weighted by Gasteiger charge is 2.20. The molecule has 1 aliphatic heterocycles. The zero-order valence-electron chi connectivity index (χ0n) is 17.7. The van der Waals surface area contributed by atoms with Crippen LogP contribution in [0.15, 0.2) is 41.4 Å². The fourth-order valence-electron chi connectivity index (χ4n) is 3.70. The SMILES string of the molecule is CCNC(=NCC(C)Cn1nc(C)cc1C)N1CCN(c2ccccc2)CC1. The van der Waals surface area contributed by atoms with Gasteiger partial charge >= 0.3 is 0 Å². The highest BCUT2D eigenvalue weighted by Crippen LogP contribution is 2.15. The Balaban J connectivity index is 1.56. The molecular formula is C22H34N6. The standard InChI is InChI=1S/C22H34N6/c1-5-23-22(24-16-18(2)17-28-20(4)15-19(3)25-28)27-13-11-26(12-14-27)21-9-7-6-8-10-21/h6-10,15,18H,5,11-14,16-17H2,1-4H3,(H,23,24). The van der Waals surface area contributed by atoms with Crippen LogP contribution in [-0.2, 0) is 6.54 Å². The van der Waals surface area contributed by atoms with Gasteiger partial charge in [-0.05, 0) is 44.9 Å². The lowest BCUT2D eigenvalue weighted by Gasteiger charge is -2.37. The van der Waals surface area contributed by atoms with Crippen LogP contribution in [0.2, 0.25) is 0 Å². The van der Waals surface area contributed by atoms with Gasteiger partial charge in [0.2, 0.25) is 0 Å². The molecule has 2 heterocycles. The van der Waals surface area contributed by atoms with Crippen molar-refractivity contribution in [1.82, 2.24) is 20.0 Å². The van der Waals surface area contributed by atoms with E-state index >= 15 is 0 Å². The molecular weight excluding hydrogens is 348 g/mol. The number of rotatable bonds is 6. The Morgan fingerprint density at radius 1 is 1.14 bits per heavy atom. The number of hydrogen-bond donors (Lipinski definition) is 1. The fourth-order valence-corrected chi connectivity index (χ4v) is 3.70. The van der Waals surface area contributed by atoms with Gasteiger partial charge in [0.1, 0.15) is 0 Å². The number of nitrogens with one attached hydrogen (secondary N) is 1. The molecule has 1 aromatic carbocycles. The van der Waals surface area contributed by atoms with E-state index in [0.717, 1.165) is 57.5 Å². The van der Waals surface area contributed by atoms with E-state index in [9.17, 15) is 0 Å². The maximum Gasteiger partial charge on any atom is 0.194 e. The zero-order chi connectivity index (χ0) is 19.9. The maximum absolute atomic E-state index is 4.94. The lowest BCUT2D eigenvalue weighted by molar-refractivity contribution is 0.369. The molecule has 2 aromatic rings. The van der Waals surface area contributed by atoms with Crippen LogP contribution in [0, 0.1) is 19.8 Å². The Hall–Kier alpha value is -2.50. The summed E-state index contributed by atoms with van der Waals surface area (Å²) in [5.74, 6) is 1.48. The molecule has 0 saturated carbocycles. The highest BCUT2D eigenvalue weighted by molar-refractivity contribution is 5.80. The van der Waals surface area contributed by atoms with Crippen molar-refractivity contribution in [3.8, 4) is 0 Å². The number of aromatic nitrogens is 2. The van der Waals surface area contributed by atoms with E-state index in [1.165, 1.54) is 11.4 Å². The quantitative estimate of drug-likeness (QED) is 0.616. The molecule has 0 amide bonds. The van der Waals surface area contributed by atoms with Crippen molar-refractivity contribution in [2.45, 2.75) is 34.2 Å². The molecule has 3 rings (SSSR count). The van der Waals surface area contributed by atoms with Gasteiger partial charge in [0, 0.05) is 57.2 Å². The molecule has 0 bridgehead atoms. The van der Waals surface area contributed by atoms with Gasteiger partial charge in [-0.3, -0.25) is 9.67 Å². The third kappa shape index (κ3) is 5.27. The lowest BCUT2D eigenvalue weighted by atomic mass is 10.2. The Kier molecular flexibility index (Phi) is 6.95. The molecule has 6 nitrogen and oxygen atoms in total. The van der Waals surface area contributed by atoms with Gasteiger partial charge in [0.25, 0.3) is 0 Å². The third-order valence-electron chi connectivity index (χ3n) is 5.18. The average molecular weight is 383 g/mol. The zero-order valence-corrected chi connectivity index (χ0v) is 17.7. The predicted molar refractivity (Wildman–Crippen MR) is 117 cm³/mol. The maximum atomic E-state index is 4.94. The third-order valence-corrected chi connectivity index (χ3v) is 5.18. The summed E-state index contributed by atoms with van der Waals surface area (Å²) in [6, 6.07) is 12.8. The molecule has 0 spiro atoms. The van der Waals surface area contributed by atoms with Crippen molar-refractivity contribution in [2.24, 2.45) is 10.9 Å². The van der Waals surface area contributed by atoms with E-state index in [1.807, 2.05) is 6.92 Å². The topological polar surface area (TPSA) is 48.7 Å². The minimum absolute atomic E-state index is 0.442. The van der Waals surface area contributed by atoms with Gasteiger partial charge in [0.15, 0.2) is 5.96 Å². The van der Waals surface area contributed by atoms with Crippen molar-refractivity contribution in [1.29, 1.82) is 0 Å². The second-order valence-corrected chi connectivity index (χ2v) is 7.72. The second kappa shape index (κ2) is 9.62. The number of guanidine groups is 1. The number of piperazine rings is 1. The Bertz CT molecular complexity index is 759. The first-order valence-electron chi connectivity index (χ1n) is 10.4. The summed E-state index contributed by atoms with van der Waals surface area (Å²) in [6.07, 6.45) is 0. The van der Waals surface area contributed by atoms with Crippen LogP contribution in [0.5, 0.6) is 0 Å². The van der Waals surface area contributed by atoms with Gasteiger partial charge in [0.05, 0.1) is 5.69 Å². The lowest BCUT2D eigenvalue weighted by Crippen LogP contribution is -2.52. The summed E-state index contributed by atoms with van der Waals surface area (Å²) < 4.78 is 2.10. The molecule has 1 fully saturated rings. The normalized spacial score (nSPS) is 16.4. The Morgan fingerprint density at radius 2 is 1.86 bits per heavy atom. The summed E-state index contributed by atoms with van der Waals surface area (Å²) in [5, 5.41) is 8.05. The number of anilines is 1. The Morgan fingerprint density at radius 3 is 2.46 bits per heavy atom. The predicted octanol–water partition coefficient (Wildman–Crippen LogP) is 2.92. The highest BCUT2D eigenvalue weighted by atomic mass is 15.3. The second-order valence-electron chi connectivity index (χ2n) is 7.72.